The molecule has 1 aromatic carbocycles. The molecule has 1 aromatic rings. The molecular weight excluding hydrogens is 292 g/mol. The first kappa shape index (κ1) is 19.0. The summed E-state index contributed by atoms with van der Waals surface area (Å²) in [5.74, 6) is 0.810. The van der Waals surface area contributed by atoms with Crippen molar-refractivity contribution in [3.63, 3.8) is 0 Å². The summed E-state index contributed by atoms with van der Waals surface area (Å²) in [5.41, 5.74) is 2.18. The van der Waals surface area contributed by atoms with Gasteiger partial charge in [-0.15, -0.1) is 0 Å². The van der Waals surface area contributed by atoms with E-state index in [1.54, 1.807) is 0 Å². The molecule has 0 heterocycles. The number of nitrogens with one attached hydrogen (secondary N) is 2. The van der Waals surface area contributed by atoms with Crippen LogP contribution in [0.1, 0.15) is 50.7 Å². The van der Waals surface area contributed by atoms with Gasteiger partial charge in [0.2, 0.25) is 5.91 Å². The molecule has 0 saturated carbocycles. The van der Waals surface area contributed by atoms with Gasteiger partial charge in [0, 0.05) is 19.5 Å². The van der Waals surface area contributed by atoms with E-state index in [1.165, 1.54) is 0 Å². The van der Waals surface area contributed by atoms with Crippen LogP contribution < -0.4 is 15.4 Å². The van der Waals surface area contributed by atoms with Crippen LogP contribution in [-0.2, 0) is 9.59 Å². The number of benzene rings is 1. The molecule has 0 spiro atoms. The highest BCUT2D eigenvalue weighted by atomic mass is 16.5. The molecule has 2 N–H and O–H groups in total. The maximum atomic E-state index is 11.8. The summed E-state index contributed by atoms with van der Waals surface area (Å²) in [6, 6.07) is 6.02. The minimum absolute atomic E-state index is 0.0419. The Labute approximate surface area is 138 Å². The molecule has 5 heteroatoms. The number of carbonyl (C=O) groups excluding carboxylic acids is 2. The molecule has 1 rings (SSSR count). The average Bonchev–Trinajstić information content (AvgIpc) is 2.50. The zero-order valence-electron chi connectivity index (χ0n) is 14.6. The molecule has 0 aliphatic heterocycles. The van der Waals surface area contributed by atoms with E-state index in [0.29, 0.717) is 19.0 Å². The molecule has 0 unspecified atom stereocenters. The Morgan fingerprint density at radius 1 is 1.13 bits per heavy atom. The number of hydrogen-bond acceptors (Lipinski definition) is 3. The fourth-order valence-electron chi connectivity index (χ4n) is 2.11. The van der Waals surface area contributed by atoms with Crippen LogP contribution in [-0.4, -0.2) is 31.5 Å². The normalized spacial score (nSPS) is 10.5. The van der Waals surface area contributed by atoms with Crippen LogP contribution in [0.15, 0.2) is 18.2 Å². The van der Waals surface area contributed by atoms with Crippen molar-refractivity contribution in [3.8, 4) is 5.75 Å². The molecule has 0 atom stereocenters. The van der Waals surface area contributed by atoms with Crippen LogP contribution in [0.5, 0.6) is 5.75 Å². The van der Waals surface area contributed by atoms with Crippen LogP contribution in [0, 0.1) is 6.92 Å². The van der Waals surface area contributed by atoms with Gasteiger partial charge in [0.15, 0.2) is 6.61 Å². The first-order valence-corrected chi connectivity index (χ1v) is 8.20. The first-order chi connectivity index (χ1) is 10.9. The van der Waals surface area contributed by atoms with E-state index < -0.39 is 0 Å². The molecule has 0 aliphatic rings. The summed E-state index contributed by atoms with van der Waals surface area (Å²) < 4.78 is 5.65. The van der Waals surface area contributed by atoms with Crippen LogP contribution >= 0.6 is 0 Å². The molecule has 2 amide bonds. The van der Waals surface area contributed by atoms with Gasteiger partial charge in [0.1, 0.15) is 5.75 Å². The van der Waals surface area contributed by atoms with Crippen molar-refractivity contribution in [2.75, 3.05) is 19.7 Å². The first-order valence-electron chi connectivity index (χ1n) is 8.20. The van der Waals surface area contributed by atoms with Crippen LogP contribution in [0.4, 0.5) is 0 Å². The van der Waals surface area contributed by atoms with E-state index in [-0.39, 0.29) is 24.8 Å². The summed E-state index contributed by atoms with van der Waals surface area (Å²) in [6.45, 7) is 9.12. The quantitative estimate of drug-likeness (QED) is 0.735. The van der Waals surface area contributed by atoms with Gasteiger partial charge in [-0.2, -0.15) is 0 Å². The molecule has 0 saturated heterocycles. The maximum Gasteiger partial charge on any atom is 0.257 e. The van der Waals surface area contributed by atoms with Crippen LogP contribution in [0.3, 0.4) is 0 Å². The zero-order chi connectivity index (χ0) is 17.2. The lowest BCUT2D eigenvalue weighted by Gasteiger charge is -2.14. The van der Waals surface area contributed by atoms with Gasteiger partial charge in [-0.25, -0.2) is 0 Å². The van der Waals surface area contributed by atoms with Crippen molar-refractivity contribution in [2.45, 2.75) is 46.5 Å². The summed E-state index contributed by atoms with van der Waals surface area (Å²) >= 11 is 0. The molecule has 0 radical (unpaired) electrons. The predicted molar refractivity (Wildman–Crippen MR) is 91.7 cm³/mol. The molecule has 0 fully saturated rings. The fourth-order valence-corrected chi connectivity index (χ4v) is 2.11. The van der Waals surface area contributed by atoms with Gasteiger partial charge in [-0.05, 0) is 36.5 Å². The van der Waals surface area contributed by atoms with E-state index in [4.69, 9.17) is 4.74 Å². The van der Waals surface area contributed by atoms with Crippen LogP contribution in [0.2, 0.25) is 0 Å². The Morgan fingerprint density at radius 2 is 1.83 bits per heavy atom. The fraction of sp³-hybridized carbons (Fsp3) is 0.556. The second-order valence-corrected chi connectivity index (χ2v) is 5.93. The maximum absolute atomic E-state index is 11.8. The number of hydrogen-bond donors (Lipinski definition) is 2. The Balaban J connectivity index is 2.39. The molecule has 128 valence electrons. The number of ether oxygens (including phenoxy) is 1. The van der Waals surface area contributed by atoms with Crippen molar-refractivity contribution in [1.29, 1.82) is 0 Å². The van der Waals surface area contributed by atoms with Crippen molar-refractivity contribution in [3.05, 3.63) is 29.3 Å². The number of amides is 2. The summed E-state index contributed by atoms with van der Waals surface area (Å²) in [6.07, 6.45) is 1.19. The summed E-state index contributed by atoms with van der Waals surface area (Å²) in [4.78, 5) is 23.2. The minimum atomic E-state index is -0.218. The van der Waals surface area contributed by atoms with Gasteiger partial charge < -0.3 is 15.4 Å². The highest BCUT2D eigenvalue weighted by Crippen LogP contribution is 2.27. The largest absolute Gasteiger partial charge is 0.483 e. The predicted octanol–water partition coefficient (Wildman–Crippen LogP) is 2.53. The smallest absolute Gasteiger partial charge is 0.257 e. The lowest BCUT2D eigenvalue weighted by Crippen LogP contribution is -2.33. The molecule has 5 nitrogen and oxygen atoms in total. The number of rotatable bonds is 9. The third kappa shape index (κ3) is 7.17. The van der Waals surface area contributed by atoms with Gasteiger partial charge >= 0.3 is 0 Å². The second kappa shape index (κ2) is 9.87. The van der Waals surface area contributed by atoms with Gasteiger partial charge in [-0.3, -0.25) is 9.59 Å². The van der Waals surface area contributed by atoms with Crippen molar-refractivity contribution in [1.82, 2.24) is 10.6 Å². The number of aryl methyl sites for hydroxylation is 1. The van der Waals surface area contributed by atoms with Gasteiger partial charge in [0.05, 0.1) is 0 Å². The van der Waals surface area contributed by atoms with Crippen molar-refractivity contribution < 1.29 is 14.3 Å². The molecule has 0 bridgehead atoms. The minimum Gasteiger partial charge on any atom is -0.483 e. The Bertz CT molecular complexity index is 527. The molecule has 0 aromatic heterocycles. The summed E-state index contributed by atoms with van der Waals surface area (Å²) in [5, 5.41) is 5.47. The van der Waals surface area contributed by atoms with E-state index in [9.17, 15) is 9.59 Å². The van der Waals surface area contributed by atoms with E-state index >= 15 is 0 Å². The van der Waals surface area contributed by atoms with Crippen LogP contribution in [0.25, 0.3) is 0 Å². The lowest BCUT2D eigenvalue weighted by molar-refractivity contribution is -0.123. The molecular formula is C18H28N2O3. The Morgan fingerprint density at radius 3 is 2.48 bits per heavy atom. The average molecular weight is 320 g/mol. The second-order valence-electron chi connectivity index (χ2n) is 5.93. The standard InChI is InChI=1S/C18H28N2O3/c1-5-9-19-17(21)8-10-20-18(22)12-23-16-11-14(4)6-7-15(16)13(2)3/h6-7,11,13H,5,8-10,12H2,1-4H3,(H,19,21)(H,20,22). The third-order valence-electron chi connectivity index (χ3n) is 3.40. The van der Waals surface area contributed by atoms with Crippen molar-refractivity contribution >= 4 is 11.8 Å². The highest BCUT2D eigenvalue weighted by molar-refractivity contribution is 5.79. The van der Waals surface area contributed by atoms with Crippen molar-refractivity contribution in [2.24, 2.45) is 0 Å². The Hall–Kier alpha value is -2.04. The Kier molecular flexibility index (Phi) is 8.16. The lowest BCUT2D eigenvalue weighted by atomic mass is 10.0. The third-order valence-corrected chi connectivity index (χ3v) is 3.40. The molecule has 23 heavy (non-hydrogen) atoms. The van der Waals surface area contributed by atoms with E-state index in [0.717, 1.165) is 23.3 Å². The number of carbonyl (C=O) groups is 2. The zero-order valence-corrected chi connectivity index (χ0v) is 14.6. The van der Waals surface area contributed by atoms with E-state index in [1.807, 2.05) is 32.0 Å². The SMILES string of the molecule is CCCNC(=O)CCNC(=O)COc1cc(C)ccc1C(C)C. The van der Waals surface area contributed by atoms with Gasteiger partial charge in [0.25, 0.3) is 5.91 Å². The topological polar surface area (TPSA) is 67.4 Å². The monoisotopic (exact) mass is 320 g/mol. The highest BCUT2D eigenvalue weighted by Gasteiger charge is 2.10. The summed E-state index contributed by atoms with van der Waals surface area (Å²) in [7, 11) is 0. The van der Waals surface area contributed by atoms with E-state index in [2.05, 4.69) is 24.5 Å². The molecule has 0 aliphatic carbocycles. The van der Waals surface area contributed by atoms with Gasteiger partial charge in [-0.1, -0.05) is 32.9 Å².